The van der Waals surface area contributed by atoms with Gasteiger partial charge in [-0.25, -0.2) is 9.36 Å². The highest BCUT2D eigenvalue weighted by atomic mass is 16.2. The SMILES string of the molecule is CCC(C)c1ccc(NC(=O)Cn2c(=O)c(C#N)cn(CC)c2=O)cc1. The van der Waals surface area contributed by atoms with E-state index in [1.807, 2.05) is 12.1 Å². The van der Waals surface area contributed by atoms with E-state index in [4.69, 9.17) is 5.26 Å². The third kappa shape index (κ3) is 4.09. The minimum atomic E-state index is -0.760. The molecule has 7 heteroatoms. The molecular formula is C19H22N4O3. The lowest BCUT2D eigenvalue weighted by molar-refractivity contribution is -0.116. The monoisotopic (exact) mass is 354 g/mol. The zero-order valence-electron chi connectivity index (χ0n) is 15.2. The highest BCUT2D eigenvalue weighted by Crippen LogP contribution is 2.20. The van der Waals surface area contributed by atoms with Crippen LogP contribution in [-0.2, 0) is 17.9 Å². The van der Waals surface area contributed by atoms with E-state index in [-0.39, 0.29) is 5.56 Å². The van der Waals surface area contributed by atoms with Crippen LogP contribution in [0.4, 0.5) is 5.69 Å². The van der Waals surface area contributed by atoms with Crippen LogP contribution in [0.25, 0.3) is 0 Å². The first-order chi connectivity index (χ1) is 12.4. The van der Waals surface area contributed by atoms with Crippen LogP contribution < -0.4 is 16.6 Å². The lowest BCUT2D eigenvalue weighted by atomic mass is 9.99. The Hall–Kier alpha value is -3.14. The van der Waals surface area contributed by atoms with Crippen molar-refractivity contribution in [3.8, 4) is 6.07 Å². The van der Waals surface area contributed by atoms with Gasteiger partial charge in [0, 0.05) is 18.4 Å². The molecule has 0 aliphatic carbocycles. The number of nitrogens with one attached hydrogen (secondary N) is 1. The Balaban J connectivity index is 2.22. The fraction of sp³-hybridized carbons (Fsp3) is 0.368. The third-order valence-corrected chi connectivity index (χ3v) is 4.38. The standard InChI is InChI=1S/C19H22N4O3/c1-4-13(3)14-6-8-16(9-7-14)21-17(24)12-23-18(25)15(10-20)11-22(5-2)19(23)26/h6-9,11,13H,4-5,12H2,1-3H3,(H,21,24). The Morgan fingerprint density at radius 2 is 1.88 bits per heavy atom. The Bertz CT molecular complexity index is 949. The second kappa shape index (κ2) is 8.30. The summed E-state index contributed by atoms with van der Waals surface area (Å²) < 4.78 is 2.01. The highest BCUT2D eigenvalue weighted by molar-refractivity contribution is 5.90. The summed E-state index contributed by atoms with van der Waals surface area (Å²) in [4.78, 5) is 36.7. The molecule has 0 radical (unpaired) electrons. The maximum absolute atomic E-state index is 12.3. The van der Waals surface area contributed by atoms with Gasteiger partial charge < -0.3 is 5.32 Å². The van der Waals surface area contributed by atoms with E-state index in [1.54, 1.807) is 25.1 Å². The lowest BCUT2D eigenvalue weighted by Gasteiger charge is -2.12. The number of anilines is 1. The lowest BCUT2D eigenvalue weighted by Crippen LogP contribution is -2.43. The second-order valence-corrected chi connectivity index (χ2v) is 6.09. The fourth-order valence-electron chi connectivity index (χ4n) is 2.57. The first-order valence-electron chi connectivity index (χ1n) is 8.55. The van der Waals surface area contributed by atoms with Crippen molar-refractivity contribution >= 4 is 11.6 Å². The van der Waals surface area contributed by atoms with E-state index < -0.39 is 23.7 Å². The average Bonchev–Trinajstić information content (AvgIpc) is 2.65. The first kappa shape index (κ1) is 19.2. The topological polar surface area (TPSA) is 96.9 Å². The Kier molecular flexibility index (Phi) is 6.12. The summed E-state index contributed by atoms with van der Waals surface area (Å²) in [6, 6.07) is 9.22. The summed E-state index contributed by atoms with van der Waals surface area (Å²) in [6.45, 7) is 5.81. The van der Waals surface area contributed by atoms with Gasteiger partial charge in [0.2, 0.25) is 5.91 Å². The molecule has 0 spiro atoms. The number of benzene rings is 1. The van der Waals surface area contributed by atoms with Crippen LogP contribution in [-0.4, -0.2) is 15.0 Å². The number of rotatable bonds is 6. The van der Waals surface area contributed by atoms with Gasteiger partial charge in [-0.2, -0.15) is 5.26 Å². The molecule has 0 fully saturated rings. The number of hydrogen-bond acceptors (Lipinski definition) is 4. The van der Waals surface area contributed by atoms with Gasteiger partial charge in [0.25, 0.3) is 5.56 Å². The van der Waals surface area contributed by atoms with Crippen molar-refractivity contribution in [1.82, 2.24) is 9.13 Å². The number of aromatic nitrogens is 2. The van der Waals surface area contributed by atoms with Crippen LogP contribution in [0.2, 0.25) is 0 Å². The molecule has 7 nitrogen and oxygen atoms in total. The quantitative estimate of drug-likeness (QED) is 0.858. The largest absolute Gasteiger partial charge is 0.331 e. The maximum atomic E-state index is 12.3. The Labute approximate surface area is 151 Å². The molecule has 1 unspecified atom stereocenters. The third-order valence-electron chi connectivity index (χ3n) is 4.38. The van der Waals surface area contributed by atoms with E-state index >= 15 is 0 Å². The molecule has 2 aromatic rings. The van der Waals surface area contributed by atoms with Gasteiger partial charge in [-0.05, 0) is 37.0 Å². The molecule has 1 atom stereocenters. The summed E-state index contributed by atoms with van der Waals surface area (Å²) in [5.41, 5.74) is 0.219. The van der Waals surface area contributed by atoms with Crippen molar-refractivity contribution in [2.24, 2.45) is 0 Å². The molecule has 2 rings (SSSR count). The number of hydrogen-bond donors (Lipinski definition) is 1. The normalized spacial score (nSPS) is 11.6. The molecule has 0 aliphatic rings. The van der Waals surface area contributed by atoms with E-state index in [0.717, 1.165) is 11.0 Å². The van der Waals surface area contributed by atoms with Crippen molar-refractivity contribution in [3.05, 3.63) is 62.4 Å². The van der Waals surface area contributed by atoms with Gasteiger partial charge in [0.15, 0.2) is 0 Å². The summed E-state index contributed by atoms with van der Waals surface area (Å²) in [5.74, 6) is -0.0715. The highest BCUT2D eigenvalue weighted by Gasteiger charge is 2.14. The van der Waals surface area contributed by atoms with E-state index in [0.29, 0.717) is 18.2 Å². The van der Waals surface area contributed by atoms with Gasteiger partial charge in [-0.1, -0.05) is 26.0 Å². The Morgan fingerprint density at radius 1 is 1.23 bits per heavy atom. The molecule has 136 valence electrons. The molecule has 0 saturated heterocycles. The van der Waals surface area contributed by atoms with Crippen LogP contribution >= 0.6 is 0 Å². The van der Waals surface area contributed by atoms with Crippen LogP contribution in [0, 0.1) is 11.3 Å². The van der Waals surface area contributed by atoms with Crippen molar-refractivity contribution in [1.29, 1.82) is 5.26 Å². The summed E-state index contributed by atoms with van der Waals surface area (Å²) in [5, 5.41) is 11.7. The van der Waals surface area contributed by atoms with Gasteiger partial charge in [-0.3, -0.25) is 14.2 Å². The number of nitriles is 1. The predicted molar refractivity (Wildman–Crippen MR) is 99.1 cm³/mol. The van der Waals surface area contributed by atoms with Gasteiger partial charge in [0.05, 0.1) is 0 Å². The average molecular weight is 354 g/mol. The number of nitrogens with zero attached hydrogens (tertiary/aromatic N) is 3. The van der Waals surface area contributed by atoms with Crippen LogP contribution in [0.1, 0.15) is 44.2 Å². The van der Waals surface area contributed by atoms with Crippen LogP contribution in [0.3, 0.4) is 0 Å². The van der Waals surface area contributed by atoms with Gasteiger partial charge in [-0.15, -0.1) is 0 Å². The van der Waals surface area contributed by atoms with E-state index in [1.165, 1.54) is 16.3 Å². The molecule has 26 heavy (non-hydrogen) atoms. The van der Waals surface area contributed by atoms with Crippen LogP contribution in [0.15, 0.2) is 40.1 Å². The smallest absolute Gasteiger partial charge is 0.325 e. The summed E-state index contributed by atoms with van der Waals surface area (Å²) in [7, 11) is 0. The predicted octanol–water partition coefficient (Wildman–Crippen LogP) is 2.05. The summed E-state index contributed by atoms with van der Waals surface area (Å²) >= 11 is 0. The minimum absolute atomic E-state index is 0.169. The number of aryl methyl sites for hydroxylation is 1. The summed E-state index contributed by atoms with van der Waals surface area (Å²) in [6.07, 6.45) is 2.24. The van der Waals surface area contributed by atoms with Crippen molar-refractivity contribution < 1.29 is 4.79 Å². The molecule has 1 aromatic heterocycles. The molecule has 0 bridgehead atoms. The number of carbonyl (C=O) groups excluding carboxylic acids is 1. The molecule has 0 saturated carbocycles. The Morgan fingerprint density at radius 3 is 2.42 bits per heavy atom. The zero-order chi connectivity index (χ0) is 19.3. The molecule has 0 aliphatic heterocycles. The van der Waals surface area contributed by atoms with Crippen molar-refractivity contribution in [2.45, 2.75) is 46.2 Å². The van der Waals surface area contributed by atoms with Crippen molar-refractivity contribution in [3.63, 3.8) is 0 Å². The zero-order valence-corrected chi connectivity index (χ0v) is 15.2. The molecular weight excluding hydrogens is 332 g/mol. The van der Waals surface area contributed by atoms with E-state index in [2.05, 4.69) is 19.2 Å². The van der Waals surface area contributed by atoms with Crippen LogP contribution in [0.5, 0.6) is 0 Å². The number of carbonyl (C=O) groups is 1. The minimum Gasteiger partial charge on any atom is -0.325 e. The first-order valence-corrected chi connectivity index (χ1v) is 8.55. The molecule has 1 heterocycles. The molecule has 1 amide bonds. The fourth-order valence-corrected chi connectivity index (χ4v) is 2.57. The second-order valence-electron chi connectivity index (χ2n) is 6.09. The maximum Gasteiger partial charge on any atom is 0.331 e. The van der Waals surface area contributed by atoms with Gasteiger partial charge >= 0.3 is 5.69 Å². The van der Waals surface area contributed by atoms with E-state index in [9.17, 15) is 14.4 Å². The van der Waals surface area contributed by atoms with Gasteiger partial charge in [0.1, 0.15) is 18.2 Å². The van der Waals surface area contributed by atoms with Crippen molar-refractivity contribution in [2.75, 3.05) is 5.32 Å². The molecule has 1 aromatic carbocycles. The number of amides is 1. The molecule has 1 N–H and O–H groups in total.